The summed E-state index contributed by atoms with van der Waals surface area (Å²) in [6.07, 6.45) is 0. The van der Waals surface area contributed by atoms with Gasteiger partial charge in [-0.3, -0.25) is 0 Å². The van der Waals surface area contributed by atoms with Gasteiger partial charge in [-0.2, -0.15) is 0 Å². The minimum atomic E-state index is -1.16. The van der Waals surface area contributed by atoms with E-state index in [0.717, 1.165) is 0 Å². The smallest absolute Gasteiger partial charge is 0.336 e. The Labute approximate surface area is 85.4 Å². The van der Waals surface area contributed by atoms with Crippen molar-refractivity contribution in [2.75, 3.05) is 0 Å². The molecule has 14 heavy (non-hydrogen) atoms. The molecule has 0 aromatic heterocycles. The number of aromatic carboxylic acids is 1. The normalized spacial score (nSPS) is 10.1. The second-order valence-electron chi connectivity index (χ2n) is 2.84. The number of hydrogen-bond donors (Lipinski definition) is 3. The Morgan fingerprint density at radius 2 is 2.00 bits per heavy atom. The first-order valence-electron chi connectivity index (χ1n) is 3.82. The lowest BCUT2D eigenvalue weighted by Crippen LogP contribution is -2.01. The standard InChI is InChI=1S/C9H9ClO4/c1-4-6(9(13)14)2-5(3-10)8(12)7(4)11/h2,11-12H,3H2,1H3,(H,13,14). The molecule has 1 aromatic rings. The zero-order chi connectivity index (χ0) is 10.9. The van der Waals surface area contributed by atoms with Crippen molar-refractivity contribution in [3.8, 4) is 11.5 Å². The highest BCUT2D eigenvalue weighted by Crippen LogP contribution is 2.35. The maximum Gasteiger partial charge on any atom is 0.336 e. The van der Waals surface area contributed by atoms with Crippen LogP contribution in [-0.4, -0.2) is 21.3 Å². The molecule has 0 aliphatic heterocycles. The Morgan fingerprint density at radius 1 is 1.43 bits per heavy atom. The first-order valence-corrected chi connectivity index (χ1v) is 4.36. The van der Waals surface area contributed by atoms with E-state index < -0.39 is 11.7 Å². The first-order chi connectivity index (χ1) is 6.49. The van der Waals surface area contributed by atoms with Crippen molar-refractivity contribution in [1.82, 2.24) is 0 Å². The lowest BCUT2D eigenvalue weighted by molar-refractivity contribution is 0.0695. The number of halogens is 1. The predicted octanol–water partition coefficient (Wildman–Crippen LogP) is 1.84. The van der Waals surface area contributed by atoms with Crippen molar-refractivity contribution >= 4 is 17.6 Å². The average molecular weight is 217 g/mol. The summed E-state index contributed by atoms with van der Waals surface area (Å²) in [6, 6.07) is 1.25. The fourth-order valence-corrected chi connectivity index (χ4v) is 1.34. The minimum absolute atomic E-state index is 0.0556. The largest absolute Gasteiger partial charge is 0.504 e. The number of carbonyl (C=O) groups is 1. The van der Waals surface area contributed by atoms with Crippen molar-refractivity contribution in [2.24, 2.45) is 0 Å². The van der Waals surface area contributed by atoms with E-state index in [2.05, 4.69) is 0 Å². The van der Waals surface area contributed by atoms with E-state index in [1.807, 2.05) is 0 Å². The van der Waals surface area contributed by atoms with E-state index in [1.54, 1.807) is 0 Å². The van der Waals surface area contributed by atoms with E-state index in [4.69, 9.17) is 16.7 Å². The summed E-state index contributed by atoms with van der Waals surface area (Å²) < 4.78 is 0. The molecule has 5 heteroatoms. The lowest BCUT2D eigenvalue weighted by Gasteiger charge is -2.09. The van der Waals surface area contributed by atoms with Gasteiger partial charge in [-0.05, 0) is 13.0 Å². The maximum atomic E-state index is 10.7. The Balaban J connectivity index is 3.48. The molecule has 76 valence electrons. The molecule has 0 fully saturated rings. The second-order valence-corrected chi connectivity index (χ2v) is 3.11. The van der Waals surface area contributed by atoms with E-state index in [9.17, 15) is 15.0 Å². The number of aromatic hydroxyl groups is 2. The molecular weight excluding hydrogens is 208 g/mol. The number of hydrogen-bond acceptors (Lipinski definition) is 3. The zero-order valence-electron chi connectivity index (χ0n) is 7.41. The molecule has 0 heterocycles. The summed E-state index contributed by atoms with van der Waals surface area (Å²) in [4.78, 5) is 10.7. The molecule has 0 saturated carbocycles. The molecule has 0 radical (unpaired) electrons. The number of phenols is 2. The van der Waals surface area contributed by atoms with Gasteiger partial charge in [0.15, 0.2) is 11.5 Å². The Bertz CT molecular complexity index is 387. The molecule has 0 bridgehead atoms. The van der Waals surface area contributed by atoms with Gasteiger partial charge < -0.3 is 15.3 Å². The van der Waals surface area contributed by atoms with Crippen LogP contribution in [0.15, 0.2) is 6.07 Å². The molecule has 0 saturated heterocycles. The van der Waals surface area contributed by atoms with Crippen LogP contribution in [0.5, 0.6) is 11.5 Å². The first kappa shape index (κ1) is 10.7. The number of rotatable bonds is 2. The van der Waals surface area contributed by atoms with Gasteiger partial charge in [0, 0.05) is 11.1 Å². The minimum Gasteiger partial charge on any atom is -0.504 e. The molecular formula is C9H9ClO4. The molecule has 0 unspecified atom stereocenters. The topological polar surface area (TPSA) is 77.8 Å². The second kappa shape index (κ2) is 3.75. The maximum absolute atomic E-state index is 10.7. The third-order valence-corrected chi connectivity index (χ3v) is 2.27. The Morgan fingerprint density at radius 3 is 2.43 bits per heavy atom. The van der Waals surface area contributed by atoms with E-state index in [0.29, 0.717) is 0 Å². The summed E-state index contributed by atoms with van der Waals surface area (Å²) >= 11 is 5.47. The van der Waals surface area contributed by atoms with Gasteiger partial charge >= 0.3 is 5.97 Å². The van der Waals surface area contributed by atoms with Gasteiger partial charge in [-0.25, -0.2) is 4.79 Å². The highest BCUT2D eigenvalue weighted by atomic mass is 35.5. The van der Waals surface area contributed by atoms with Crippen molar-refractivity contribution < 1.29 is 20.1 Å². The van der Waals surface area contributed by atoms with Gasteiger partial charge in [0.2, 0.25) is 0 Å². The molecule has 0 aliphatic rings. The quantitative estimate of drug-likeness (QED) is 0.521. The molecule has 3 N–H and O–H groups in total. The third kappa shape index (κ3) is 1.61. The van der Waals surface area contributed by atoms with Crippen molar-refractivity contribution in [3.63, 3.8) is 0 Å². The summed E-state index contributed by atoms with van der Waals surface area (Å²) in [5, 5.41) is 27.5. The molecule has 4 nitrogen and oxygen atoms in total. The highest BCUT2D eigenvalue weighted by molar-refractivity contribution is 6.17. The molecule has 1 rings (SSSR count). The van der Waals surface area contributed by atoms with Crippen LogP contribution in [-0.2, 0) is 5.88 Å². The van der Waals surface area contributed by atoms with Crippen LogP contribution >= 0.6 is 11.6 Å². The van der Waals surface area contributed by atoms with Gasteiger partial charge in [0.1, 0.15) is 0 Å². The number of phenolic OH excluding ortho intramolecular Hbond substituents is 2. The fourth-order valence-electron chi connectivity index (χ4n) is 1.13. The van der Waals surface area contributed by atoms with Crippen LogP contribution < -0.4 is 0 Å². The summed E-state index contributed by atoms with van der Waals surface area (Å²) in [5.41, 5.74) is 0.270. The monoisotopic (exact) mass is 216 g/mol. The zero-order valence-corrected chi connectivity index (χ0v) is 8.17. The number of benzene rings is 1. The Kier molecular flexibility index (Phi) is 2.86. The molecule has 1 aromatic carbocycles. The van der Waals surface area contributed by atoms with E-state index in [1.165, 1.54) is 13.0 Å². The fraction of sp³-hybridized carbons (Fsp3) is 0.222. The molecule has 0 spiro atoms. The van der Waals surface area contributed by atoms with E-state index in [-0.39, 0.29) is 28.3 Å². The molecule has 0 aliphatic carbocycles. The average Bonchev–Trinajstić information content (AvgIpc) is 2.14. The number of alkyl halides is 1. The number of carboxylic acid groups (broad SMARTS) is 1. The van der Waals surface area contributed by atoms with Gasteiger partial charge in [-0.15, -0.1) is 11.6 Å². The van der Waals surface area contributed by atoms with Gasteiger partial charge in [0.25, 0.3) is 0 Å². The van der Waals surface area contributed by atoms with Crippen molar-refractivity contribution in [3.05, 3.63) is 22.8 Å². The van der Waals surface area contributed by atoms with Crippen LogP contribution in [0.1, 0.15) is 21.5 Å². The summed E-state index contributed by atoms with van der Waals surface area (Å²) in [7, 11) is 0. The van der Waals surface area contributed by atoms with Crippen LogP contribution in [0.25, 0.3) is 0 Å². The van der Waals surface area contributed by atoms with Crippen LogP contribution in [0.3, 0.4) is 0 Å². The van der Waals surface area contributed by atoms with Gasteiger partial charge in [-0.1, -0.05) is 0 Å². The summed E-state index contributed by atoms with van der Waals surface area (Å²) in [5.74, 6) is -2.01. The SMILES string of the molecule is Cc1c(C(=O)O)cc(CCl)c(O)c1O. The van der Waals surface area contributed by atoms with E-state index >= 15 is 0 Å². The van der Waals surface area contributed by atoms with Crippen molar-refractivity contribution in [2.45, 2.75) is 12.8 Å². The summed E-state index contributed by atoms with van der Waals surface area (Å²) in [6.45, 7) is 1.41. The van der Waals surface area contributed by atoms with Crippen LogP contribution in [0, 0.1) is 6.92 Å². The lowest BCUT2D eigenvalue weighted by atomic mass is 10.0. The molecule has 0 amide bonds. The number of carboxylic acids is 1. The van der Waals surface area contributed by atoms with Crippen LogP contribution in [0.2, 0.25) is 0 Å². The Hall–Kier alpha value is -1.42. The molecule has 0 atom stereocenters. The third-order valence-electron chi connectivity index (χ3n) is 1.98. The van der Waals surface area contributed by atoms with Crippen molar-refractivity contribution in [1.29, 1.82) is 0 Å². The predicted molar refractivity (Wildman–Crippen MR) is 51.0 cm³/mol. The van der Waals surface area contributed by atoms with Gasteiger partial charge in [0.05, 0.1) is 11.4 Å². The van der Waals surface area contributed by atoms with Crippen LogP contribution in [0.4, 0.5) is 0 Å². The highest BCUT2D eigenvalue weighted by Gasteiger charge is 2.17.